The van der Waals surface area contributed by atoms with Crippen molar-refractivity contribution in [2.75, 3.05) is 56.2 Å². The van der Waals surface area contributed by atoms with E-state index in [0.29, 0.717) is 24.5 Å². The number of aryl methyl sites for hydroxylation is 1. The van der Waals surface area contributed by atoms with E-state index in [4.69, 9.17) is 4.74 Å². The van der Waals surface area contributed by atoms with Crippen molar-refractivity contribution in [2.24, 2.45) is 7.05 Å². The summed E-state index contributed by atoms with van der Waals surface area (Å²) in [6.07, 6.45) is 4.73. The van der Waals surface area contributed by atoms with Gasteiger partial charge < -0.3 is 39.7 Å². The number of carbonyl (C=O) groups excluding carboxylic acids is 4. The van der Waals surface area contributed by atoms with Crippen LogP contribution in [0.5, 0.6) is 5.75 Å². The molecule has 0 radical (unpaired) electrons. The Kier molecular flexibility index (Phi) is 12.3. The highest BCUT2D eigenvalue weighted by Gasteiger charge is 2.51. The number of urea groups is 1. The van der Waals surface area contributed by atoms with Crippen LogP contribution in [0, 0.1) is 0 Å². The number of phenols is 1. The van der Waals surface area contributed by atoms with Gasteiger partial charge in [-0.1, -0.05) is 78.9 Å². The molecule has 0 spiro atoms. The van der Waals surface area contributed by atoms with Gasteiger partial charge in [0.2, 0.25) is 11.8 Å². The summed E-state index contributed by atoms with van der Waals surface area (Å²) in [5.74, 6) is 0.183. The molecular weight excluding hydrogens is 823 g/mol. The SMILES string of the molecule is C=CCN1CC(=O)N2[C@@H](Cc3ccc(O)cc3)C(=O)N(Cc3cccc4c(-c5ccc(C(=O)Nc6ccc(N7CCOCC7)nc6)cc5)cn(C)c34)C[C@@H]2N1C(=O)NCc1ccccc1. The van der Waals surface area contributed by atoms with Gasteiger partial charge in [-0.3, -0.25) is 14.4 Å². The fourth-order valence-electron chi connectivity index (χ4n) is 9.11. The zero-order valence-electron chi connectivity index (χ0n) is 36.2. The maximum atomic E-state index is 14.8. The topological polar surface area (TPSA) is 156 Å². The first-order valence-corrected chi connectivity index (χ1v) is 21.8. The van der Waals surface area contributed by atoms with E-state index in [2.05, 4.69) is 27.1 Å². The zero-order valence-corrected chi connectivity index (χ0v) is 36.2. The number of benzene rings is 4. The number of phenolic OH excluding ortho intramolecular Hbond substituents is 1. The molecule has 15 nitrogen and oxygen atoms in total. The number of amides is 5. The Labute approximate surface area is 377 Å². The predicted octanol–water partition coefficient (Wildman–Crippen LogP) is 5.77. The third-order valence-corrected chi connectivity index (χ3v) is 12.3. The number of fused-ring (bicyclic) bond motifs is 2. The number of nitrogens with zero attached hydrogens (tertiary/aromatic N) is 7. The molecule has 0 aliphatic carbocycles. The van der Waals surface area contributed by atoms with E-state index in [9.17, 15) is 24.3 Å². The van der Waals surface area contributed by atoms with Crippen LogP contribution < -0.4 is 15.5 Å². The minimum Gasteiger partial charge on any atom is -0.508 e. The number of morpholine rings is 1. The smallest absolute Gasteiger partial charge is 0.334 e. The molecule has 5 amide bonds. The molecule has 4 aromatic carbocycles. The van der Waals surface area contributed by atoms with E-state index in [1.54, 1.807) is 68.5 Å². The summed E-state index contributed by atoms with van der Waals surface area (Å²) in [5.41, 5.74) is 6.47. The van der Waals surface area contributed by atoms with Crippen LogP contribution in [0.3, 0.4) is 0 Å². The largest absolute Gasteiger partial charge is 0.508 e. The summed E-state index contributed by atoms with van der Waals surface area (Å²) in [7, 11) is 1.97. The average molecular weight is 874 g/mol. The lowest BCUT2D eigenvalue weighted by Gasteiger charge is -2.55. The van der Waals surface area contributed by atoms with E-state index < -0.39 is 18.2 Å². The molecule has 65 heavy (non-hydrogen) atoms. The van der Waals surface area contributed by atoms with Gasteiger partial charge in [0, 0.05) is 68.9 Å². The quantitative estimate of drug-likeness (QED) is 0.130. The summed E-state index contributed by atoms with van der Waals surface area (Å²) in [5, 5.41) is 20.3. The van der Waals surface area contributed by atoms with E-state index in [1.807, 2.05) is 90.6 Å². The van der Waals surface area contributed by atoms with Crippen molar-refractivity contribution in [1.29, 1.82) is 0 Å². The van der Waals surface area contributed by atoms with Crippen molar-refractivity contribution >= 4 is 46.2 Å². The molecule has 9 rings (SSSR count). The van der Waals surface area contributed by atoms with Crippen molar-refractivity contribution in [2.45, 2.75) is 31.7 Å². The molecule has 3 aliphatic rings. The molecule has 0 saturated carbocycles. The van der Waals surface area contributed by atoms with Crippen LogP contribution in [-0.4, -0.2) is 116 Å². The summed E-state index contributed by atoms with van der Waals surface area (Å²) in [6, 6.07) is 32.1. The lowest BCUT2D eigenvalue weighted by atomic mass is 9.97. The molecule has 2 aromatic heterocycles. The number of nitrogens with one attached hydrogen (secondary N) is 2. The average Bonchev–Trinajstić information content (AvgIpc) is 3.67. The van der Waals surface area contributed by atoms with Crippen LogP contribution in [0.1, 0.15) is 27.0 Å². The van der Waals surface area contributed by atoms with Crippen LogP contribution in [0.4, 0.5) is 16.3 Å². The number of pyridine rings is 1. The Morgan fingerprint density at radius 3 is 2.40 bits per heavy atom. The Bertz CT molecular complexity index is 2700. The first-order valence-electron chi connectivity index (χ1n) is 21.8. The lowest BCUT2D eigenvalue weighted by Crippen LogP contribution is -2.76. The molecule has 0 unspecified atom stereocenters. The summed E-state index contributed by atoms with van der Waals surface area (Å²) in [6.45, 7) is 7.45. The number of aromatic hydroxyl groups is 1. The van der Waals surface area contributed by atoms with Crippen molar-refractivity contribution in [3.8, 4) is 16.9 Å². The molecule has 2 atom stereocenters. The molecule has 3 N–H and O–H groups in total. The molecule has 3 aliphatic heterocycles. The zero-order chi connectivity index (χ0) is 45.0. The second kappa shape index (κ2) is 18.7. The van der Waals surface area contributed by atoms with Crippen molar-refractivity contribution in [3.05, 3.63) is 156 Å². The van der Waals surface area contributed by atoms with Crippen LogP contribution >= 0.6 is 0 Å². The number of anilines is 2. The van der Waals surface area contributed by atoms with Gasteiger partial charge in [-0.25, -0.2) is 19.8 Å². The van der Waals surface area contributed by atoms with Crippen LogP contribution in [0.15, 0.2) is 134 Å². The molecule has 3 saturated heterocycles. The minimum atomic E-state index is -0.925. The third-order valence-electron chi connectivity index (χ3n) is 12.3. The number of carbonyl (C=O) groups is 4. The number of rotatable bonds is 12. The Balaban J connectivity index is 0.980. The first-order chi connectivity index (χ1) is 31.6. The number of para-hydroxylation sites is 1. The lowest BCUT2D eigenvalue weighted by molar-refractivity contribution is -0.189. The van der Waals surface area contributed by atoms with E-state index in [-0.39, 0.29) is 62.6 Å². The van der Waals surface area contributed by atoms with Gasteiger partial charge in [-0.15, -0.1) is 6.58 Å². The monoisotopic (exact) mass is 873 g/mol. The first kappa shape index (κ1) is 42.8. The molecule has 6 aromatic rings. The summed E-state index contributed by atoms with van der Waals surface area (Å²) >= 11 is 0. The van der Waals surface area contributed by atoms with Crippen LogP contribution in [0.2, 0.25) is 0 Å². The van der Waals surface area contributed by atoms with Gasteiger partial charge in [-0.2, -0.15) is 0 Å². The summed E-state index contributed by atoms with van der Waals surface area (Å²) in [4.78, 5) is 66.5. The highest BCUT2D eigenvalue weighted by Crippen LogP contribution is 2.35. The number of aromatic nitrogens is 2. The maximum absolute atomic E-state index is 14.8. The molecule has 5 heterocycles. The predicted molar refractivity (Wildman–Crippen MR) is 248 cm³/mol. The van der Waals surface area contributed by atoms with Gasteiger partial charge in [0.1, 0.15) is 23.8 Å². The highest BCUT2D eigenvalue weighted by molar-refractivity contribution is 6.05. The van der Waals surface area contributed by atoms with Crippen molar-refractivity contribution in [3.63, 3.8) is 0 Å². The van der Waals surface area contributed by atoms with Crippen molar-refractivity contribution in [1.82, 2.24) is 34.7 Å². The van der Waals surface area contributed by atoms with Gasteiger partial charge in [-0.05, 0) is 58.7 Å². The van der Waals surface area contributed by atoms with E-state index in [1.165, 1.54) is 0 Å². The van der Waals surface area contributed by atoms with Gasteiger partial charge in [0.05, 0.1) is 43.7 Å². The summed E-state index contributed by atoms with van der Waals surface area (Å²) < 4.78 is 7.49. The van der Waals surface area contributed by atoms with Crippen molar-refractivity contribution < 1.29 is 29.0 Å². The second-order valence-corrected chi connectivity index (χ2v) is 16.5. The molecular formula is C50H51N9O6. The van der Waals surface area contributed by atoms with Gasteiger partial charge in [0.25, 0.3) is 5.91 Å². The minimum absolute atomic E-state index is 0.0638. The molecule has 3 fully saturated rings. The Hall–Kier alpha value is -7.49. The molecule has 15 heteroatoms. The number of hydrogen-bond donors (Lipinski definition) is 3. The molecule has 0 bridgehead atoms. The fraction of sp³-hybridized carbons (Fsp3) is 0.260. The maximum Gasteiger partial charge on any atom is 0.334 e. The van der Waals surface area contributed by atoms with Crippen LogP contribution in [-0.2, 0) is 40.9 Å². The number of hydrazine groups is 1. The van der Waals surface area contributed by atoms with Gasteiger partial charge in [0.15, 0.2) is 0 Å². The normalized spacial score (nSPS) is 17.9. The second-order valence-electron chi connectivity index (χ2n) is 16.5. The third kappa shape index (κ3) is 9.01. The standard InChI is InChI=1S/C50H51N9O6/c1-3-22-57-33-46(61)58-43(27-34-12-19-40(60)20-13-34)49(63)56(32-45(58)59(57)50(64)52-28-35-8-5-4-6-9-35)30-38-10-7-11-41-42(31-54(2)47(38)41)36-14-16-37(17-15-36)48(62)53-39-18-21-44(51-29-39)55-23-25-65-26-24-55/h3-21,29,31,43,45,60H,1,22-28,30,32-33H2,2H3,(H,52,64)(H,53,62)/t43-,45-/m0/s1. The Morgan fingerprint density at radius 2 is 1.68 bits per heavy atom. The fourth-order valence-corrected chi connectivity index (χ4v) is 9.11. The van der Waals surface area contributed by atoms with E-state index in [0.717, 1.165) is 57.6 Å². The van der Waals surface area contributed by atoms with Crippen LogP contribution in [0.25, 0.3) is 22.0 Å². The highest BCUT2D eigenvalue weighted by atomic mass is 16.5. The number of piperazine rings is 1. The van der Waals surface area contributed by atoms with Gasteiger partial charge >= 0.3 is 6.03 Å². The number of hydrogen-bond acceptors (Lipinski definition) is 9. The molecule has 332 valence electrons. The Morgan fingerprint density at radius 1 is 0.908 bits per heavy atom. The number of ether oxygens (including phenoxy) is 1. The van der Waals surface area contributed by atoms with E-state index >= 15 is 0 Å².